The zero-order chi connectivity index (χ0) is 32.8. The summed E-state index contributed by atoms with van der Waals surface area (Å²) in [4.78, 5) is 67.7. The van der Waals surface area contributed by atoms with E-state index in [1.165, 1.54) is 0 Å². The molecule has 0 bridgehead atoms. The van der Waals surface area contributed by atoms with Crippen LogP contribution in [0.25, 0.3) is 109 Å². The van der Waals surface area contributed by atoms with Crippen LogP contribution in [0.4, 0.5) is 0 Å². The molecular formula is C40H18N4O5. The van der Waals surface area contributed by atoms with Crippen molar-refractivity contribution in [1.82, 2.24) is 18.8 Å². The topological polar surface area (TPSA) is 112 Å². The molecular weight excluding hydrogens is 616 g/mol. The minimum absolute atomic E-state index is 0.262. The molecule has 0 radical (unpaired) electrons. The molecule has 12 rings (SSSR count). The highest BCUT2D eigenvalue weighted by atomic mass is 16.5. The van der Waals surface area contributed by atoms with Crippen molar-refractivity contribution in [2.24, 2.45) is 0 Å². The van der Waals surface area contributed by atoms with Gasteiger partial charge in [0.25, 0.3) is 11.1 Å². The molecule has 0 atom stereocenters. The Hall–Kier alpha value is -6.74. The molecule has 0 N–H and O–H groups in total. The Kier molecular flexibility index (Phi) is 4.07. The van der Waals surface area contributed by atoms with Crippen LogP contribution in [0.2, 0.25) is 0 Å². The molecule has 0 spiro atoms. The number of methoxy groups -OCH3 is 1. The number of hydrogen-bond donors (Lipinski definition) is 0. The highest BCUT2D eigenvalue weighted by molar-refractivity contribution is 6.43. The van der Waals surface area contributed by atoms with E-state index in [0.29, 0.717) is 109 Å². The third-order valence-electron chi connectivity index (χ3n) is 10.8. The standard InChI is InChI=1S/C40H18N4O5/c1-15-3-9-27-25(11-15)41-37-19-7-5-17-31-29(19)23(39(47)43(27)37)13-21-33(31)34-22(35(17)45)14-24-30-20(8-6-18(32(30)34)36(21)46)38-42-26-12-16(49-2)4-10-28(26)44(38)40(24)48/h3-14H,1-2H3. The third kappa shape index (κ3) is 2.64. The highest BCUT2D eigenvalue weighted by Gasteiger charge is 2.28. The molecule has 0 saturated heterocycles. The Bertz CT molecular complexity index is 3750. The number of fused-ring (bicyclic) bond motifs is 8. The number of benzene rings is 8. The number of aryl methyl sites for hydroxylation is 1. The first-order chi connectivity index (χ1) is 23.8. The van der Waals surface area contributed by atoms with Crippen LogP contribution in [0.1, 0.15) is 5.56 Å². The van der Waals surface area contributed by atoms with E-state index >= 15 is 0 Å². The Balaban J connectivity index is 1.38. The van der Waals surface area contributed by atoms with Crippen molar-refractivity contribution in [3.05, 3.63) is 120 Å². The summed E-state index contributed by atoms with van der Waals surface area (Å²) < 4.78 is 8.59. The predicted molar refractivity (Wildman–Crippen MR) is 194 cm³/mol. The van der Waals surface area contributed by atoms with Gasteiger partial charge in [-0.15, -0.1) is 0 Å². The van der Waals surface area contributed by atoms with Crippen LogP contribution >= 0.6 is 0 Å². The molecule has 4 aromatic heterocycles. The molecule has 0 aliphatic rings. The van der Waals surface area contributed by atoms with Crippen LogP contribution in [-0.4, -0.2) is 25.9 Å². The monoisotopic (exact) mass is 634 g/mol. The number of hydrogen-bond acceptors (Lipinski definition) is 7. The minimum atomic E-state index is -0.322. The lowest BCUT2D eigenvalue weighted by Crippen LogP contribution is -2.18. The van der Waals surface area contributed by atoms with Crippen LogP contribution in [0.15, 0.2) is 92.0 Å². The average molecular weight is 635 g/mol. The SMILES string of the molecule is COc1ccc2c(c1)nc1c3ccc4c(=O)c5cc6c(=O)n7c8ccc(C)cc8nc7c7ccc8c(=O)c9cc(c(=O)n21)c3c4c9c5c8c67. The van der Waals surface area contributed by atoms with E-state index in [0.717, 1.165) is 10.9 Å². The van der Waals surface area contributed by atoms with Crippen LogP contribution < -0.4 is 26.7 Å². The highest BCUT2D eigenvalue weighted by Crippen LogP contribution is 2.45. The van der Waals surface area contributed by atoms with Crippen molar-refractivity contribution < 1.29 is 4.74 Å². The maximum absolute atomic E-state index is 14.6. The molecule has 8 aromatic carbocycles. The number of imidazole rings is 2. The second-order valence-electron chi connectivity index (χ2n) is 13.2. The van der Waals surface area contributed by atoms with E-state index < -0.39 is 0 Å². The fourth-order valence-corrected chi connectivity index (χ4v) is 8.78. The molecule has 0 saturated carbocycles. The smallest absolute Gasteiger partial charge is 0.264 e. The summed E-state index contributed by atoms with van der Waals surface area (Å²) in [6.07, 6.45) is 0. The number of ether oxygens (including phenoxy) is 1. The quantitative estimate of drug-likeness (QED) is 0.154. The van der Waals surface area contributed by atoms with E-state index in [1.807, 2.05) is 37.3 Å². The first kappa shape index (κ1) is 25.4. The summed E-state index contributed by atoms with van der Waals surface area (Å²) >= 11 is 0. The average Bonchev–Trinajstić information content (AvgIpc) is 3.69. The van der Waals surface area contributed by atoms with Gasteiger partial charge < -0.3 is 4.74 Å². The molecule has 0 aliphatic carbocycles. The predicted octanol–water partition coefficient (Wildman–Crippen LogP) is 6.31. The van der Waals surface area contributed by atoms with Gasteiger partial charge in [-0.3, -0.25) is 28.0 Å². The lowest BCUT2D eigenvalue weighted by molar-refractivity contribution is 0.415. The molecule has 49 heavy (non-hydrogen) atoms. The van der Waals surface area contributed by atoms with Crippen molar-refractivity contribution in [2.45, 2.75) is 6.92 Å². The van der Waals surface area contributed by atoms with Gasteiger partial charge in [0.2, 0.25) is 0 Å². The second kappa shape index (κ2) is 7.86. The molecule has 0 fully saturated rings. The summed E-state index contributed by atoms with van der Waals surface area (Å²) in [5, 5.41) is 7.21. The molecule has 4 heterocycles. The summed E-state index contributed by atoms with van der Waals surface area (Å²) in [6.45, 7) is 1.98. The lowest BCUT2D eigenvalue weighted by Gasteiger charge is -2.19. The van der Waals surface area contributed by atoms with E-state index in [4.69, 9.17) is 14.7 Å². The fourth-order valence-electron chi connectivity index (χ4n) is 8.78. The third-order valence-corrected chi connectivity index (χ3v) is 10.8. The molecule has 0 aliphatic heterocycles. The number of aromatic nitrogens is 4. The normalized spacial score (nSPS) is 13.0. The Morgan fingerprint density at radius 2 is 0.959 bits per heavy atom. The molecule has 9 heteroatoms. The van der Waals surface area contributed by atoms with Gasteiger partial charge >= 0.3 is 0 Å². The first-order valence-electron chi connectivity index (χ1n) is 15.9. The van der Waals surface area contributed by atoms with Crippen molar-refractivity contribution >= 4 is 109 Å². The number of rotatable bonds is 1. The Morgan fingerprint density at radius 1 is 0.490 bits per heavy atom. The number of pyridine rings is 2. The minimum Gasteiger partial charge on any atom is -0.497 e. The van der Waals surface area contributed by atoms with Crippen molar-refractivity contribution in [2.75, 3.05) is 7.11 Å². The van der Waals surface area contributed by atoms with Crippen molar-refractivity contribution in [3.8, 4) is 5.75 Å². The van der Waals surface area contributed by atoms with Gasteiger partial charge in [0.05, 0.1) is 29.2 Å². The van der Waals surface area contributed by atoms with E-state index in [1.54, 1.807) is 58.4 Å². The number of nitrogens with zero attached hydrogens (tertiary/aromatic N) is 4. The van der Waals surface area contributed by atoms with E-state index in [-0.39, 0.29) is 22.0 Å². The zero-order valence-corrected chi connectivity index (χ0v) is 25.8. The van der Waals surface area contributed by atoms with Gasteiger partial charge in [-0.05, 0) is 73.2 Å². The first-order valence-corrected chi connectivity index (χ1v) is 15.9. The molecule has 9 nitrogen and oxygen atoms in total. The van der Waals surface area contributed by atoms with Crippen molar-refractivity contribution in [1.29, 1.82) is 0 Å². The van der Waals surface area contributed by atoms with Gasteiger partial charge in [0, 0.05) is 81.5 Å². The fraction of sp³-hybridized carbons (Fsp3) is 0.0500. The lowest BCUT2D eigenvalue weighted by atomic mass is 9.83. The molecule has 12 aromatic rings. The van der Waals surface area contributed by atoms with Crippen molar-refractivity contribution in [3.63, 3.8) is 0 Å². The van der Waals surface area contributed by atoms with E-state index in [2.05, 4.69) is 0 Å². The van der Waals surface area contributed by atoms with Gasteiger partial charge in [-0.1, -0.05) is 6.07 Å². The van der Waals surface area contributed by atoms with E-state index in [9.17, 15) is 19.2 Å². The van der Waals surface area contributed by atoms with Gasteiger partial charge in [0.15, 0.2) is 10.9 Å². The Morgan fingerprint density at radius 3 is 1.49 bits per heavy atom. The summed E-state index contributed by atoms with van der Waals surface area (Å²) in [5.41, 5.74) is 3.44. The van der Waals surface area contributed by atoms with Gasteiger partial charge in [-0.25, -0.2) is 9.97 Å². The molecule has 228 valence electrons. The largest absolute Gasteiger partial charge is 0.497 e. The maximum Gasteiger partial charge on any atom is 0.264 e. The Labute approximate surface area is 271 Å². The second-order valence-corrected chi connectivity index (χ2v) is 13.2. The maximum atomic E-state index is 14.6. The van der Waals surface area contributed by atoms with Crippen LogP contribution in [-0.2, 0) is 0 Å². The summed E-state index contributed by atoms with van der Waals surface area (Å²) in [6, 6.07) is 21.7. The van der Waals surface area contributed by atoms with Gasteiger partial charge in [0.1, 0.15) is 17.0 Å². The summed E-state index contributed by atoms with van der Waals surface area (Å²) in [7, 11) is 1.58. The molecule has 0 amide bonds. The summed E-state index contributed by atoms with van der Waals surface area (Å²) in [5.74, 6) is 0.615. The van der Waals surface area contributed by atoms with Crippen LogP contribution in [0, 0.1) is 6.92 Å². The molecule has 0 unspecified atom stereocenters. The zero-order valence-electron chi connectivity index (χ0n) is 25.8. The van der Waals surface area contributed by atoms with Crippen LogP contribution in [0.5, 0.6) is 5.75 Å². The van der Waals surface area contributed by atoms with Crippen LogP contribution in [0.3, 0.4) is 0 Å². The van der Waals surface area contributed by atoms with Gasteiger partial charge in [-0.2, -0.15) is 0 Å².